The second-order valence-electron chi connectivity index (χ2n) is 32.2. The van der Waals surface area contributed by atoms with Gasteiger partial charge in [0.05, 0.1) is 29.9 Å². The van der Waals surface area contributed by atoms with Crippen molar-refractivity contribution >= 4 is 110 Å². The Bertz CT molecular complexity index is 4830. The molecule has 32 heteroatoms. The number of aryl methyl sites for hydroxylation is 1. The third kappa shape index (κ3) is 22.6. The Balaban J connectivity index is 0.958. The molecule has 0 saturated carbocycles. The molecule has 10 amide bonds. The van der Waals surface area contributed by atoms with E-state index in [1.807, 2.05) is 72.8 Å². The number of amides is 10. The number of benzene rings is 6. The van der Waals surface area contributed by atoms with E-state index in [1.54, 1.807) is 136 Å². The Morgan fingerprint density at radius 2 is 0.991 bits per heavy atom. The first-order valence-electron chi connectivity index (χ1n) is 38.9. The van der Waals surface area contributed by atoms with Gasteiger partial charge in [0.25, 0.3) is 0 Å². The molecular formula is C84H104N18O14. The van der Waals surface area contributed by atoms with Crippen LogP contribution in [-0.2, 0) is 89.6 Å². The number of carbonyl (C=O) groups is 12. The molecular weight excluding hydrogens is 1490 g/mol. The summed E-state index contributed by atoms with van der Waals surface area (Å²) in [6.07, 6.45) is 1.77. The highest BCUT2D eigenvalue weighted by atomic mass is 16.4. The molecule has 13 rings (SSSR count). The summed E-state index contributed by atoms with van der Waals surface area (Å²) in [7, 11) is 3.18. The van der Waals surface area contributed by atoms with E-state index < -0.39 is 160 Å². The van der Waals surface area contributed by atoms with Crippen molar-refractivity contribution in [2.45, 2.75) is 198 Å². The highest BCUT2D eigenvalue weighted by Gasteiger charge is 2.49. The van der Waals surface area contributed by atoms with Gasteiger partial charge in [0.1, 0.15) is 54.4 Å². The molecule has 6 aliphatic rings. The van der Waals surface area contributed by atoms with Crippen LogP contribution >= 0.6 is 0 Å². The molecule has 614 valence electrons. The van der Waals surface area contributed by atoms with E-state index in [2.05, 4.69) is 68.6 Å². The smallest absolute Gasteiger partial charge is 0.326 e. The van der Waals surface area contributed by atoms with Crippen LogP contribution in [0.3, 0.4) is 0 Å². The van der Waals surface area contributed by atoms with Gasteiger partial charge in [-0.15, -0.1) is 5.10 Å². The van der Waals surface area contributed by atoms with Crippen molar-refractivity contribution in [1.29, 1.82) is 5.53 Å². The van der Waals surface area contributed by atoms with Crippen LogP contribution in [0.1, 0.15) is 121 Å². The van der Waals surface area contributed by atoms with Crippen molar-refractivity contribution in [3.63, 3.8) is 0 Å². The van der Waals surface area contributed by atoms with Gasteiger partial charge in [0.15, 0.2) is 0 Å². The predicted molar refractivity (Wildman–Crippen MR) is 434 cm³/mol. The summed E-state index contributed by atoms with van der Waals surface area (Å²) >= 11 is 0. The van der Waals surface area contributed by atoms with Crippen LogP contribution in [0.2, 0.25) is 0 Å². The second-order valence-corrected chi connectivity index (χ2v) is 32.2. The zero-order valence-electron chi connectivity index (χ0n) is 66.8. The van der Waals surface area contributed by atoms with Crippen molar-refractivity contribution in [3.05, 3.63) is 168 Å². The van der Waals surface area contributed by atoms with Gasteiger partial charge in [-0.1, -0.05) is 156 Å². The van der Waals surface area contributed by atoms with Gasteiger partial charge < -0.3 is 73.2 Å². The largest absolute Gasteiger partial charge is 0.480 e. The number of hydrogen-bond donors (Lipinski definition) is 13. The number of hydrogen-bond acceptors (Lipinski definition) is 19. The second kappa shape index (κ2) is 38.3. The number of rotatable bonds is 15. The van der Waals surface area contributed by atoms with Crippen LogP contribution in [0.5, 0.6) is 0 Å². The average molecular weight is 1590 g/mol. The standard InChI is InChI=1S/C84H104N18O14/c1-47(86-9)73(105)95-71(83(3,4)5)79(111)100-44-61-41-67(100)77(109)91-63(39-51-19-25-53-15-11-13-17-55(53)35-51)75(107)93-65(81(113)114)37-50-23-29-58(30-24-50)90-70(104)34-32-60-45-102(99-98-60)62-42-68(101(46-62)80(112)72(84(6,7)8)96-74(106)48(2)87-10)78(110)92-64(40-52-20-26-54-16-12-14-18-56(54)36-52)76(108)94-66(82(115)116)38-49-21-27-57(28-22-49)89-69(103)33-31-59(97-85)43-88-61/h11-30,35-36,43,45,47-48,59,61-68,71-72,85-87H,31-34,37-42,44,46H2,1-10H3,(H,89,103)(H,90,104)(H,91,109)(H,92,110)(H,93,107)(H,94,108)(H,95,105)(H,96,106)(H,113,114)(H,115,116). The molecule has 13 atom stereocenters. The fraction of sp³-hybridized carbons (Fsp3) is 0.440. The lowest BCUT2D eigenvalue weighted by molar-refractivity contribution is -0.145. The van der Waals surface area contributed by atoms with Crippen molar-refractivity contribution in [2.75, 3.05) is 37.8 Å². The molecule has 7 heterocycles. The molecule has 0 aliphatic carbocycles. The van der Waals surface area contributed by atoms with E-state index >= 15 is 19.2 Å². The number of aromatic nitrogens is 3. The maximum Gasteiger partial charge on any atom is 0.326 e. The lowest BCUT2D eigenvalue weighted by Crippen LogP contribution is -2.60. The number of carbonyl (C=O) groups excluding carboxylic acids is 10. The molecule has 0 spiro atoms. The summed E-state index contributed by atoms with van der Waals surface area (Å²) in [5.74, 6) is -9.22. The molecule has 32 nitrogen and oxygen atoms in total. The molecule has 10 bridgehead atoms. The van der Waals surface area contributed by atoms with Crippen LogP contribution in [0.25, 0.3) is 21.5 Å². The van der Waals surface area contributed by atoms with E-state index in [-0.39, 0.29) is 77.3 Å². The molecule has 6 aliphatic heterocycles. The lowest BCUT2D eigenvalue weighted by Gasteiger charge is -2.36. The number of fused-ring (bicyclic) bond motifs is 2. The van der Waals surface area contributed by atoms with E-state index in [0.717, 1.165) is 21.5 Å². The quantitative estimate of drug-likeness (QED) is 0.0592. The number of nitrogens with zero attached hydrogens (tertiary/aromatic N) is 7. The summed E-state index contributed by atoms with van der Waals surface area (Å²) in [6, 6.07) is 23.6. The maximum atomic E-state index is 15.3. The first kappa shape index (κ1) is 86.2. The molecule has 2 fully saturated rings. The molecule has 6 aromatic carbocycles. The zero-order valence-corrected chi connectivity index (χ0v) is 66.8. The molecule has 1 aromatic heterocycles. The normalized spacial score (nSPS) is 22.4. The van der Waals surface area contributed by atoms with Gasteiger partial charge in [-0.3, -0.25) is 52.9 Å². The Hall–Kier alpha value is -12.2. The summed E-state index contributed by atoms with van der Waals surface area (Å²) in [5, 5.41) is 65.6. The number of anilines is 2. The van der Waals surface area contributed by atoms with E-state index in [1.165, 1.54) is 20.7 Å². The number of carboxylic acid groups (broad SMARTS) is 2. The fourth-order valence-corrected chi connectivity index (χ4v) is 14.3. The predicted octanol–water partition coefficient (Wildman–Crippen LogP) is 5.13. The molecule has 116 heavy (non-hydrogen) atoms. The molecule has 7 aromatic rings. The fourth-order valence-electron chi connectivity index (χ4n) is 14.3. The van der Waals surface area contributed by atoms with Crippen LogP contribution < -0.4 is 53.2 Å². The summed E-state index contributed by atoms with van der Waals surface area (Å²) in [4.78, 5) is 179. The number of carboxylic acids is 2. The average Bonchev–Trinajstić information content (AvgIpc) is 1.63. The van der Waals surface area contributed by atoms with Crippen molar-refractivity contribution in [3.8, 4) is 0 Å². The van der Waals surface area contributed by atoms with Crippen molar-refractivity contribution < 1.29 is 67.7 Å². The summed E-state index contributed by atoms with van der Waals surface area (Å²) in [5.41, 5.74) is 9.44. The minimum Gasteiger partial charge on any atom is -0.480 e. The Morgan fingerprint density at radius 3 is 1.43 bits per heavy atom. The monoisotopic (exact) mass is 1590 g/mol. The van der Waals surface area contributed by atoms with Crippen molar-refractivity contribution in [1.82, 2.24) is 67.3 Å². The van der Waals surface area contributed by atoms with Crippen LogP contribution in [-0.4, -0.2) is 212 Å². The topological polar surface area (TPSA) is 451 Å². The molecule has 2 saturated heterocycles. The van der Waals surface area contributed by atoms with Gasteiger partial charge in [-0.2, -0.15) is 5.11 Å². The molecule has 13 N–H and O–H groups in total. The van der Waals surface area contributed by atoms with Gasteiger partial charge in [0, 0.05) is 94.7 Å². The lowest BCUT2D eigenvalue weighted by atomic mass is 9.85. The number of aliphatic carboxylic acids is 2. The minimum atomic E-state index is -1.56. The summed E-state index contributed by atoms with van der Waals surface area (Å²) in [6.45, 7) is 13.5. The molecule has 0 radical (unpaired) electrons. The SMILES string of the molecule is CNC(C)C(=O)NC(C(=O)N1CC2CC1C(=O)NC(Cc1ccc3ccccc3c1)C(=O)NC(C(=O)O)Cc1ccc(cc1)NC(=O)CCc1cn(nn1)C1CC(C(=O)NC(Cc3ccc4ccccc4c3)C(=O)NC(C(=O)O)Cc3ccc(cc3)NC(=O)CCC(N=N)C=N2)N(C(=O)C(NC(=O)C(C)NC)C(C)(C)C)C1)C(C)(C)C. The first-order valence-corrected chi connectivity index (χ1v) is 38.9. The highest BCUT2D eigenvalue weighted by molar-refractivity contribution is 5.99. The summed E-state index contributed by atoms with van der Waals surface area (Å²) < 4.78 is 1.49. The Morgan fingerprint density at radius 1 is 0.552 bits per heavy atom. The van der Waals surface area contributed by atoms with E-state index in [4.69, 9.17) is 10.5 Å². The third-order valence-corrected chi connectivity index (χ3v) is 21.4. The van der Waals surface area contributed by atoms with Crippen LogP contribution in [0.15, 0.2) is 150 Å². The number of aliphatic imine (C=N–C) groups is 1. The van der Waals surface area contributed by atoms with Gasteiger partial charge in [-0.05, 0) is 113 Å². The Kier molecular flexibility index (Phi) is 28.5. The number of likely N-dealkylation sites (tertiary alicyclic amines) is 2. The number of likely N-dealkylation sites (N-methyl/N-ethyl adjacent to an activating group) is 2. The highest BCUT2D eigenvalue weighted by Crippen LogP contribution is 2.33. The van der Waals surface area contributed by atoms with E-state index in [0.29, 0.717) is 39.3 Å². The third-order valence-electron chi connectivity index (χ3n) is 21.4. The van der Waals surface area contributed by atoms with Crippen LogP contribution in [0.4, 0.5) is 11.4 Å². The number of nitrogens with one attached hydrogen (secondary N) is 11. The van der Waals surface area contributed by atoms with Gasteiger partial charge in [-0.25, -0.2) is 19.8 Å². The van der Waals surface area contributed by atoms with Gasteiger partial charge >= 0.3 is 11.9 Å². The maximum absolute atomic E-state index is 15.3. The van der Waals surface area contributed by atoms with Crippen molar-refractivity contribution in [2.24, 2.45) is 20.9 Å². The van der Waals surface area contributed by atoms with E-state index in [9.17, 15) is 48.6 Å². The molecule has 13 unspecified atom stereocenters. The van der Waals surface area contributed by atoms with Crippen LogP contribution in [0, 0.1) is 16.4 Å². The zero-order chi connectivity index (χ0) is 83.9. The Labute approximate surface area is 672 Å². The minimum absolute atomic E-state index is 0.0259. The van der Waals surface area contributed by atoms with Gasteiger partial charge in [0.2, 0.25) is 59.1 Å². The first-order chi connectivity index (χ1) is 55.1.